The van der Waals surface area contributed by atoms with Crippen LogP contribution in [0.3, 0.4) is 0 Å². The molecule has 4 aromatic rings. The molecule has 1 fully saturated rings. The molecule has 1 unspecified atom stereocenters. The zero-order valence-corrected chi connectivity index (χ0v) is 20.4. The molecule has 1 N–H and O–H groups in total. The minimum atomic E-state index is -0.0428. The molecule has 1 aliphatic heterocycles. The van der Waals surface area contributed by atoms with Crippen molar-refractivity contribution in [3.8, 4) is 0 Å². The number of hydrogen-bond acceptors (Lipinski definition) is 4. The lowest BCUT2D eigenvalue weighted by Gasteiger charge is -2.41. The maximum atomic E-state index is 13.2. The second-order valence-corrected chi connectivity index (χ2v) is 9.40. The molecular weight excluding hydrogens is 446 g/mol. The third-order valence-corrected chi connectivity index (χ3v) is 7.24. The number of benzene rings is 3. The quantitative estimate of drug-likeness (QED) is 0.359. The first-order valence-electron chi connectivity index (χ1n) is 12.0. The SMILES string of the molecule is CCCC(NC(=O)c1ccc2oc3ccccc3c2c1)N1CCN(c2cccc(Cl)c2C)CC1. The summed E-state index contributed by atoms with van der Waals surface area (Å²) in [6, 6.07) is 19.7. The van der Waals surface area contributed by atoms with E-state index in [0.717, 1.165) is 71.5 Å². The molecular formula is C28H30ClN3O2. The van der Waals surface area contributed by atoms with Gasteiger partial charge in [-0.1, -0.05) is 49.2 Å². The van der Waals surface area contributed by atoms with Crippen molar-refractivity contribution in [2.45, 2.75) is 32.9 Å². The van der Waals surface area contributed by atoms with Gasteiger partial charge in [0.2, 0.25) is 0 Å². The van der Waals surface area contributed by atoms with E-state index in [-0.39, 0.29) is 12.1 Å². The van der Waals surface area contributed by atoms with Gasteiger partial charge >= 0.3 is 0 Å². The highest BCUT2D eigenvalue weighted by Crippen LogP contribution is 2.30. The summed E-state index contributed by atoms with van der Waals surface area (Å²) in [7, 11) is 0. The molecule has 34 heavy (non-hydrogen) atoms. The van der Waals surface area contributed by atoms with Gasteiger partial charge in [0.05, 0.1) is 6.17 Å². The number of furan rings is 1. The molecule has 3 aromatic carbocycles. The van der Waals surface area contributed by atoms with Crippen molar-refractivity contribution in [1.29, 1.82) is 0 Å². The normalized spacial score (nSPS) is 15.7. The highest BCUT2D eigenvalue weighted by atomic mass is 35.5. The summed E-state index contributed by atoms with van der Waals surface area (Å²) in [5.74, 6) is -0.0428. The summed E-state index contributed by atoms with van der Waals surface area (Å²) < 4.78 is 5.91. The minimum absolute atomic E-state index is 0.0110. The maximum absolute atomic E-state index is 13.2. The molecule has 1 aliphatic rings. The molecule has 0 spiro atoms. The van der Waals surface area contributed by atoms with Crippen molar-refractivity contribution in [2.24, 2.45) is 0 Å². The molecule has 1 saturated heterocycles. The predicted molar refractivity (Wildman–Crippen MR) is 140 cm³/mol. The first-order chi connectivity index (χ1) is 16.5. The van der Waals surface area contributed by atoms with E-state index in [1.165, 1.54) is 5.69 Å². The van der Waals surface area contributed by atoms with Gasteiger partial charge in [0.25, 0.3) is 5.91 Å². The average molecular weight is 476 g/mol. The average Bonchev–Trinajstić information content (AvgIpc) is 3.23. The number of fused-ring (bicyclic) bond motifs is 3. The molecule has 5 nitrogen and oxygen atoms in total. The van der Waals surface area contributed by atoms with Crippen LogP contribution in [0, 0.1) is 6.92 Å². The number of amides is 1. The Bertz CT molecular complexity index is 1320. The lowest BCUT2D eigenvalue weighted by Crippen LogP contribution is -2.56. The zero-order chi connectivity index (χ0) is 23.7. The number of carbonyl (C=O) groups excluding carboxylic acids is 1. The molecule has 0 bridgehead atoms. The number of hydrogen-bond donors (Lipinski definition) is 1. The van der Waals surface area contributed by atoms with E-state index in [4.69, 9.17) is 16.0 Å². The lowest BCUT2D eigenvalue weighted by atomic mass is 10.1. The molecule has 0 aliphatic carbocycles. The topological polar surface area (TPSA) is 48.7 Å². The van der Waals surface area contributed by atoms with Crippen molar-refractivity contribution in [1.82, 2.24) is 10.2 Å². The zero-order valence-electron chi connectivity index (χ0n) is 19.7. The van der Waals surface area contributed by atoms with E-state index in [1.54, 1.807) is 0 Å². The van der Waals surface area contributed by atoms with E-state index < -0.39 is 0 Å². The number of carbonyl (C=O) groups is 1. The van der Waals surface area contributed by atoms with Crippen LogP contribution in [-0.4, -0.2) is 43.2 Å². The number of halogens is 1. The number of rotatable bonds is 6. The van der Waals surface area contributed by atoms with E-state index >= 15 is 0 Å². The van der Waals surface area contributed by atoms with Crippen molar-refractivity contribution in [3.05, 3.63) is 76.8 Å². The summed E-state index contributed by atoms with van der Waals surface area (Å²) in [4.78, 5) is 18.0. The Balaban J connectivity index is 1.30. The number of piperazine rings is 1. The summed E-state index contributed by atoms with van der Waals surface area (Å²) in [5.41, 5.74) is 4.62. The largest absolute Gasteiger partial charge is 0.456 e. The molecule has 1 amide bonds. The molecule has 0 saturated carbocycles. The van der Waals surface area contributed by atoms with E-state index in [0.29, 0.717) is 5.56 Å². The van der Waals surface area contributed by atoms with E-state index in [2.05, 4.69) is 35.0 Å². The van der Waals surface area contributed by atoms with Gasteiger partial charge in [-0.2, -0.15) is 0 Å². The van der Waals surface area contributed by atoms with Gasteiger partial charge in [-0.15, -0.1) is 0 Å². The fourth-order valence-corrected chi connectivity index (χ4v) is 5.10. The van der Waals surface area contributed by atoms with Crippen molar-refractivity contribution in [3.63, 3.8) is 0 Å². The van der Waals surface area contributed by atoms with Crippen LogP contribution in [0.25, 0.3) is 21.9 Å². The second-order valence-electron chi connectivity index (χ2n) is 8.99. The Hall–Kier alpha value is -3.02. The van der Waals surface area contributed by atoms with Crippen LogP contribution in [0.15, 0.2) is 65.1 Å². The Kier molecular flexibility index (Phi) is 6.48. The van der Waals surface area contributed by atoms with Gasteiger partial charge in [-0.25, -0.2) is 0 Å². The van der Waals surface area contributed by atoms with Gasteiger partial charge < -0.3 is 14.6 Å². The van der Waals surface area contributed by atoms with Crippen molar-refractivity contribution >= 4 is 45.1 Å². The van der Waals surface area contributed by atoms with Gasteiger partial charge in [0.15, 0.2) is 0 Å². The van der Waals surface area contributed by atoms with E-state index in [9.17, 15) is 4.79 Å². The van der Waals surface area contributed by atoms with Crippen LogP contribution < -0.4 is 10.2 Å². The van der Waals surface area contributed by atoms with Crippen molar-refractivity contribution < 1.29 is 9.21 Å². The molecule has 2 heterocycles. The Morgan fingerprint density at radius 3 is 2.56 bits per heavy atom. The lowest BCUT2D eigenvalue weighted by molar-refractivity contribution is 0.0824. The first kappa shape index (κ1) is 22.8. The number of nitrogens with zero attached hydrogens (tertiary/aromatic N) is 2. The standard InChI is InChI=1S/C28H30ClN3O2/c1-3-7-27(32-16-14-31(15-17-32)24-10-6-9-23(29)19(24)2)30-28(33)20-12-13-26-22(18-20)21-8-4-5-11-25(21)34-26/h4-6,8-13,18,27H,3,7,14-17H2,1-2H3,(H,30,33). The van der Waals surface area contributed by atoms with Crippen LogP contribution >= 0.6 is 11.6 Å². The fraction of sp³-hybridized carbons (Fsp3) is 0.321. The van der Waals surface area contributed by atoms with Crippen molar-refractivity contribution in [2.75, 3.05) is 31.1 Å². The van der Waals surface area contributed by atoms with Crippen LogP contribution in [-0.2, 0) is 0 Å². The van der Waals surface area contributed by atoms with Gasteiger partial charge in [0.1, 0.15) is 11.2 Å². The third-order valence-electron chi connectivity index (χ3n) is 6.83. The van der Waals surface area contributed by atoms with Crippen LogP contribution in [0.1, 0.15) is 35.7 Å². The Morgan fingerprint density at radius 1 is 1.00 bits per heavy atom. The Labute approximate surface area is 205 Å². The fourth-order valence-electron chi connectivity index (χ4n) is 4.93. The van der Waals surface area contributed by atoms with Gasteiger partial charge in [0, 0.05) is 53.2 Å². The molecule has 1 atom stereocenters. The van der Waals surface area contributed by atoms with Gasteiger partial charge in [-0.05, 0) is 55.3 Å². The summed E-state index contributed by atoms with van der Waals surface area (Å²) in [6.45, 7) is 7.83. The van der Waals surface area contributed by atoms with Crippen LogP contribution in [0.4, 0.5) is 5.69 Å². The summed E-state index contributed by atoms with van der Waals surface area (Å²) in [6.07, 6.45) is 1.93. The van der Waals surface area contributed by atoms with Gasteiger partial charge in [-0.3, -0.25) is 9.69 Å². The number of para-hydroxylation sites is 1. The first-order valence-corrected chi connectivity index (χ1v) is 12.4. The Morgan fingerprint density at radius 2 is 1.76 bits per heavy atom. The van der Waals surface area contributed by atoms with E-state index in [1.807, 2.05) is 54.6 Å². The molecule has 176 valence electrons. The molecule has 1 aromatic heterocycles. The smallest absolute Gasteiger partial charge is 0.252 e. The predicted octanol–water partition coefficient (Wildman–Crippen LogP) is 6.23. The highest BCUT2D eigenvalue weighted by molar-refractivity contribution is 6.31. The second kappa shape index (κ2) is 9.69. The minimum Gasteiger partial charge on any atom is -0.456 e. The molecule has 0 radical (unpaired) electrons. The summed E-state index contributed by atoms with van der Waals surface area (Å²) >= 11 is 6.34. The van der Waals surface area contributed by atoms with Crippen LogP contribution in [0.2, 0.25) is 5.02 Å². The molecule has 6 heteroatoms. The highest BCUT2D eigenvalue weighted by Gasteiger charge is 2.26. The number of anilines is 1. The number of nitrogens with one attached hydrogen (secondary N) is 1. The monoisotopic (exact) mass is 475 g/mol. The third kappa shape index (κ3) is 4.38. The van der Waals surface area contributed by atoms with Crippen LogP contribution in [0.5, 0.6) is 0 Å². The molecule has 5 rings (SSSR count). The maximum Gasteiger partial charge on any atom is 0.252 e. The summed E-state index contributed by atoms with van der Waals surface area (Å²) in [5, 5.41) is 6.11.